The second-order valence-electron chi connectivity index (χ2n) is 5.59. The van der Waals surface area contributed by atoms with Gasteiger partial charge in [-0.05, 0) is 35.7 Å². The van der Waals surface area contributed by atoms with Crippen molar-refractivity contribution >= 4 is 5.95 Å². The second-order valence-corrected chi connectivity index (χ2v) is 5.59. The average molecular weight is 217 g/mol. The first-order chi connectivity index (χ1) is 7.66. The SMILES string of the molecule is CC(C)c1cnc(NC2C3CC2C3C)nc1. The van der Waals surface area contributed by atoms with Gasteiger partial charge in [-0.2, -0.15) is 0 Å². The van der Waals surface area contributed by atoms with Crippen LogP contribution in [0.3, 0.4) is 0 Å². The molecule has 1 heterocycles. The summed E-state index contributed by atoms with van der Waals surface area (Å²) in [7, 11) is 0. The van der Waals surface area contributed by atoms with Gasteiger partial charge in [-0.1, -0.05) is 20.8 Å². The highest BCUT2D eigenvalue weighted by Crippen LogP contribution is 2.59. The standard InChI is InChI=1S/C13H19N3/c1-7(2)9-5-14-13(15-6-9)16-12-10-4-11(12)8(10)3/h5-8,10-12H,4H2,1-3H3,(H,14,15,16). The summed E-state index contributed by atoms with van der Waals surface area (Å²) in [6.45, 7) is 6.67. The van der Waals surface area contributed by atoms with Crippen molar-refractivity contribution in [2.75, 3.05) is 5.32 Å². The van der Waals surface area contributed by atoms with E-state index in [1.165, 1.54) is 12.0 Å². The van der Waals surface area contributed by atoms with Crippen LogP contribution in [0.4, 0.5) is 5.95 Å². The fourth-order valence-electron chi connectivity index (χ4n) is 2.86. The van der Waals surface area contributed by atoms with E-state index in [4.69, 9.17) is 0 Å². The van der Waals surface area contributed by atoms with Crippen molar-refractivity contribution in [3.8, 4) is 0 Å². The molecule has 3 fully saturated rings. The minimum atomic E-state index is 0.506. The molecular weight excluding hydrogens is 198 g/mol. The van der Waals surface area contributed by atoms with Crippen LogP contribution in [0.15, 0.2) is 12.4 Å². The van der Waals surface area contributed by atoms with Crippen molar-refractivity contribution in [2.24, 2.45) is 17.8 Å². The number of nitrogens with zero attached hydrogens (tertiary/aromatic N) is 2. The molecule has 3 saturated carbocycles. The van der Waals surface area contributed by atoms with Gasteiger partial charge in [0.1, 0.15) is 0 Å². The highest BCUT2D eigenvalue weighted by atomic mass is 15.1. The van der Waals surface area contributed by atoms with E-state index in [0.29, 0.717) is 12.0 Å². The molecule has 3 aliphatic rings. The Morgan fingerprint density at radius 1 is 1.25 bits per heavy atom. The molecule has 3 nitrogen and oxygen atoms in total. The quantitative estimate of drug-likeness (QED) is 0.845. The van der Waals surface area contributed by atoms with E-state index in [2.05, 4.69) is 36.1 Å². The summed E-state index contributed by atoms with van der Waals surface area (Å²) in [5.41, 5.74) is 1.21. The predicted molar refractivity (Wildman–Crippen MR) is 64.3 cm³/mol. The van der Waals surface area contributed by atoms with Gasteiger partial charge in [0.2, 0.25) is 5.95 Å². The largest absolute Gasteiger partial charge is 0.351 e. The van der Waals surface area contributed by atoms with Crippen LogP contribution in [0.2, 0.25) is 0 Å². The zero-order valence-corrected chi connectivity index (χ0v) is 10.1. The minimum absolute atomic E-state index is 0.506. The molecule has 1 N–H and O–H groups in total. The number of aromatic nitrogens is 2. The molecule has 0 amide bonds. The van der Waals surface area contributed by atoms with Crippen molar-refractivity contribution in [1.29, 1.82) is 0 Å². The summed E-state index contributed by atoms with van der Waals surface area (Å²) < 4.78 is 0. The Hall–Kier alpha value is -1.12. The second kappa shape index (κ2) is 3.44. The normalized spacial score (nSPS) is 35.5. The molecule has 0 aromatic carbocycles. The van der Waals surface area contributed by atoms with Crippen molar-refractivity contribution in [1.82, 2.24) is 9.97 Å². The third-order valence-electron chi connectivity index (χ3n) is 4.45. The molecule has 3 aliphatic carbocycles. The molecule has 16 heavy (non-hydrogen) atoms. The zero-order valence-electron chi connectivity index (χ0n) is 10.1. The number of hydrogen-bond donors (Lipinski definition) is 1. The first kappa shape index (κ1) is 10.1. The lowest BCUT2D eigenvalue weighted by atomic mass is 9.45. The molecule has 1 aromatic rings. The van der Waals surface area contributed by atoms with E-state index in [1.54, 1.807) is 0 Å². The first-order valence-electron chi connectivity index (χ1n) is 6.25. The van der Waals surface area contributed by atoms with E-state index in [0.717, 1.165) is 23.7 Å². The van der Waals surface area contributed by atoms with Gasteiger partial charge in [0.05, 0.1) is 0 Å². The summed E-state index contributed by atoms with van der Waals surface area (Å²) in [4.78, 5) is 8.76. The molecule has 2 atom stereocenters. The van der Waals surface area contributed by atoms with E-state index in [9.17, 15) is 0 Å². The van der Waals surface area contributed by atoms with Gasteiger partial charge in [-0.25, -0.2) is 9.97 Å². The van der Waals surface area contributed by atoms with Crippen LogP contribution >= 0.6 is 0 Å². The summed E-state index contributed by atoms with van der Waals surface area (Å²) in [6, 6.07) is 0.653. The predicted octanol–water partition coefficient (Wildman–Crippen LogP) is 2.67. The Morgan fingerprint density at radius 3 is 2.31 bits per heavy atom. The lowest BCUT2D eigenvalue weighted by Crippen LogP contribution is -2.65. The molecule has 0 saturated heterocycles. The van der Waals surface area contributed by atoms with E-state index >= 15 is 0 Å². The molecule has 2 unspecified atom stereocenters. The van der Waals surface area contributed by atoms with Crippen LogP contribution < -0.4 is 5.32 Å². The zero-order chi connectivity index (χ0) is 11.3. The molecule has 3 heteroatoms. The summed E-state index contributed by atoms with van der Waals surface area (Å²) in [5, 5.41) is 3.45. The number of rotatable bonds is 3. The molecule has 1 aromatic heterocycles. The molecule has 86 valence electrons. The topological polar surface area (TPSA) is 37.8 Å². The Balaban J connectivity index is 1.63. The van der Waals surface area contributed by atoms with Crippen molar-refractivity contribution < 1.29 is 0 Å². The summed E-state index contributed by atoms with van der Waals surface area (Å²) in [5.74, 6) is 3.98. The van der Waals surface area contributed by atoms with Crippen LogP contribution in [0.1, 0.15) is 38.7 Å². The molecular formula is C13H19N3. The van der Waals surface area contributed by atoms with Crippen molar-refractivity contribution in [3.63, 3.8) is 0 Å². The fraction of sp³-hybridized carbons (Fsp3) is 0.692. The van der Waals surface area contributed by atoms with E-state index in [-0.39, 0.29) is 0 Å². The first-order valence-corrected chi connectivity index (χ1v) is 6.25. The molecule has 0 radical (unpaired) electrons. The maximum Gasteiger partial charge on any atom is 0.222 e. The Morgan fingerprint density at radius 2 is 1.88 bits per heavy atom. The van der Waals surface area contributed by atoms with Gasteiger partial charge in [-0.15, -0.1) is 0 Å². The maximum atomic E-state index is 4.38. The minimum Gasteiger partial charge on any atom is -0.351 e. The van der Waals surface area contributed by atoms with Crippen LogP contribution in [-0.2, 0) is 0 Å². The highest BCUT2D eigenvalue weighted by molar-refractivity contribution is 5.32. The number of hydrogen-bond acceptors (Lipinski definition) is 3. The maximum absolute atomic E-state index is 4.38. The van der Waals surface area contributed by atoms with Gasteiger partial charge in [0, 0.05) is 18.4 Å². The van der Waals surface area contributed by atoms with Crippen molar-refractivity contribution in [2.45, 2.75) is 39.2 Å². The van der Waals surface area contributed by atoms with Gasteiger partial charge in [-0.3, -0.25) is 0 Å². The Bertz CT molecular complexity index is 375. The highest BCUT2D eigenvalue weighted by Gasteiger charge is 2.58. The summed E-state index contributed by atoms with van der Waals surface area (Å²) >= 11 is 0. The molecule has 2 bridgehead atoms. The molecule has 4 rings (SSSR count). The third-order valence-corrected chi connectivity index (χ3v) is 4.45. The van der Waals surface area contributed by atoms with Crippen LogP contribution in [0.5, 0.6) is 0 Å². The van der Waals surface area contributed by atoms with Crippen LogP contribution in [-0.4, -0.2) is 16.0 Å². The van der Waals surface area contributed by atoms with E-state index in [1.807, 2.05) is 12.4 Å². The smallest absolute Gasteiger partial charge is 0.222 e. The van der Waals surface area contributed by atoms with Gasteiger partial charge < -0.3 is 5.32 Å². The molecule has 0 spiro atoms. The van der Waals surface area contributed by atoms with Gasteiger partial charge >= 0.3 is 0 Å². The average Bonchev–Trinajstić information content (AvgIpc) is 2.23. The summed E-state index contributed by atoms with van der Waals surface area (Å²) in [6.07, 6.45) is 5.28. The fourth-order valence-corrected chi connectivity index (χ4v) is 2.86. The van der Waals surface area contributed by atoms with Crippen LogP contribution in [0, 0.1) is 17.8 Å². The molecule has 0 aliphatic heterocycles. The Kier molecular flexibility index (Phi) is 2.16. The van der Waals surface area contributed by atoms with Gasteiger partial charge in [0.15, 0.2) is 0 Å². The number of nitrogens with one attached hydrogen (secondary N) is 1. The van der Waals surface area contributed by atoms with Crippen LogP contribution in [0.25, 0.3) is 0 Å². The van der Waals surface area contributed by atoms with E-state index < -0.39 is 0 Å². The van der Waals surface area contributed by atoms with Crippen molar-refractivity contribution in [3.05, 3.63) is 18.0 Å². The third kappa shape index (κ3) is 1.34. The Labute approximate surface area is 96.7 Å². The van der Waals surface area contributed by atoms with Gasteiger partial charge in [0.25, 0.3) is 0 Å². The lowest BCUT2D eigenvalue weighted by Gasteiger charge is -2.63. The lowest BCUT2D eigenvalue weighted by molar-refractivity contribution is -0.0864. The monoisotopic (exact) mass is 217 g/mol. The number of anilines is 1.